The van der Waals surface area contributed by atoms with E-state index in [-0.39, 0.29) is 5.91 Å². The smallest absolute Gasteiger partial charge is 0.253 e. The first-order valence-electron chi connectivity index (χ1n) is 7.18. The van der Waals surface area contributed by atoms with Crippen LogP contribution in [0.5, 0.6) is 0 Å². The van der Waals surface area contributed by atoms with Crippen molar-refractivity contribution in [1.82, 2.24) is 4.90 Å². The quantitative estimate of drug-likeness (QED) is 0.793. The summed E-state index contributed by atoms with van der Waals surface area (Å²) in [7, 11) is 1.64. The van der Waals surface area contributed by atoms with E-state index in [1.165, 1.54) is 5.56 Å². The normalized spacial score (nSPS) is 10.8. The predicted molar refractivity (Wildman–Crippen MR) is 82.0 cm³/mol. The zero-order valence-corrected chi connectivity index (χ0v) is 12.8. The molecule has 0 atom stereocenters. The molecule has 1 amide bonds. The number of benzene rings is 1. The minimum Gasteiger partial charge on any atom is -0.383 e. The van der Waals surface area contributed by atoms with Gasteiger partial charge >= 0.3 is 0 Å². The van der Waals surface area contributed by atoms with Gasteiger partial charge in [0.2, 0.25) is 0 Å². The minimum absolute atomic E-state index is 0.0470. The Labute approximate surface area is 121 Å². The van der Waals surface area contributed by atoms with Gasteiger partial charge in [0.05, 0.1) is 6.61 Å². The van der Waals surface area contributed by atoms with Crippen LogP contribution in [0.25, 0.3) is 0 Å². The highest BCUT2D eigenvalue weighted by Gasteiger charge is 2.15. The molecule has 112 valence electrons. The highest BCUT2D eigenvalue weighted by Crippen LogP contribution is 2.15. The molecule has 0 aliphatic heterocycles. The molecule has 1 aromatic carbocycles. The van der Waals surface area contributed by atoms with E-state index in [4.69, 9.17) is 10.5 Å². The van der Waals surface area contributed by atoms with Gasteiger partial charge in [0, 0.05) is 25.8 Å². The molecule has 20 heavy (non-hydrogen) atoms. The SMILES string of the molecule is COCCN(CCCN)C(=O)c1ccc(C(C)C)cc1. The fourth-order valence-corrected chi connectivity index (χ4v) is 1.99. The van der Waals surface area contributed by atoms with Gasteiger partial charge < -0.3 is 15.4 Å². The summed E-state index contributed by atoms with van der Waals surface area (Å²) in [4.78, 5) is 14.3. The van der Waals surface area contributed by atoms with Gasteiger partial charge in [0.15, 0.2) is 0 Å². The average Bonchev–Trinajstić information content (AvgIpc) is 2.47. The van der Waals surface area contributed by atoms with Crippen molar-refractivity contribution in [2.24, 2.45) is 5.73 Å². The number of ether oxygens (including phenoxy) is 1. The van der Waals surface area contributed by atoms with E-state index in [1.54, 1.807) is 12.0 Å². The number of amides is 1. The van der Waals surface area contributed by atoms with Gasteiger partial charge in [-0.05, 0) is 36.6 Å². The van der Waals surface area contributed by atoms with Gasteiger partial charge in [0.25, 0.3) is 5.91 Å². The number of carbonyl (C=O) groups is 1. The van der Waals surface area contributed by atoms with E-state index in [1.807, 2.05) is 24.3 Å². The number of hydrogen-bond acceptors (Lipinski definition) is 3. The number of hydrogen-bond donors (Lipinski definition) is 1. The van der Waals surface area contributed by atoms with Crippen LogP contribution in [-0.2, 0) is 4.74 Å². The Kier molecular flexibility index (Phi) is 7.26. The molecule has 0 unspecified atom stereocenters. The third-order valence-electron chi connectivity index (χ3n) is 3.31. The summed E-state index contributed by atoms with van der Waals surface area (Å²) >= 11 is 0. The molecule has 0 saturated carbocycles. The zero-order valence-electron chi connectivity index (χ0n) is 12.8. The molecule has 0 spiro atoms. The first kappa shape index (κ1) is 16.7. The topological polar surface area (TPSA) is 55.6 Å². The van der Waals surface area contributed by atoms with Crippen LogP contribution in [0.3, 0.4) is 0 Å². The van der Waals surface area contributed by atoms with E-state index >= 15 is 0 Å². The molecule has 0 aromatic heterocycles. The lowest BCUT2D eigenvalue weighted by atomic mass is 10.0. The van der Waals surface area contributed by atoms with Crippen LogP contribution in [0.1, 0.15) is 42.1 Å². The Morgan fingerprint density at radius 2 is 1.90 bits per heavy atom. The molecule has 0 radical (unpaired) electrons. The first-order valence-corrected chi connectivity index (χ1v) is 7.18. The molecule has 0 aliphatic carbocycles. The van der Waals surface area contributed by atoms with Crippen LogP contribution in [0, 0.1) is 0 Å². The third kappa shape index (κ3) is 4.94. The zero-order chi connectivity index (χ0) is 15.0. The van der Waals surface area contributed by atoms with Gasteiger partial charge in [-0.15, -0.1) is 0 Å². The van der Waals surface area contributed by atoms with Crippen molar-refractivity contribution in [1.29, 1.82) is 0 Å². The molecule has 0 fully saturated rings. The second-order valence-corrected chi connectivity index (χ2v) is 5.20. The summed E-state index contributed by atoms with van der Waals surface area (Å²) in [5, 5.41) is 0. The van der Waals surface area contributed by atoms with Crippen LogP contribution in [0.2, 0.25) is 0 Å². The Balaban J connectivity index is 2.76. The Morgan fingerprint density at radius 3 is 2.40 bits per heavy atom. The summed E-state index contributed by atoms with van der Waals surface area (Å²) in [5.74, 6) is 0.520. The predicted octanol–water partition coefficient (Wildman–Crippen LogP) is 2.25. The van der Waals surface area contributed by atoms with E-state index in [0.29, 0.717) is 32.2 Å². The minimum atomic E-state index is 0.0470. The van der Waals surface area contributed by atoms with E-state index in [2.05, 4.69) is 13.8 Å². The summed E-state index contributed by atoms with van der Waals surface area (Å²) < 4.78 is 5.06. The van der Waals surface area contributed by atoms with E-state index < -0.39 is 0 Å². The van der Waals surface area contributed by atoms with Crippen molar-refractivity contribution < 1.29 is 9.53 Å². The molecule has 1 rings (SSSR count). The maximum Gasteiger partial charge on any atom is 0.253 e. The van der Waals surface area contributed by atoms with Crippen molar-refractivity contribution in [3.63, 3.8) is 0 Å². The van der Waals surface area contributed by atoms with Crippen molar-refractivity contribution in [2.45, 2.75) is 26.2 Å². The lowest BCUT2D eigenvalue weighted by molar-refractivity contribution is 0.0694. The number of nitrogens with two attached hydrogens (primary N) is 1. The van der Waals surface area contributed by atoms with Crippen LogP contribution in [-0.4, -0.2) is 44.2 Å². The molecule has 1 aromatic rings. The van der Waals surface area contributed by atoms with Gasteiger partial charge in [-0.3, -0.25) is 4.79 Å². The standard InChI is InChI=1S/C16H26N2O2/c1-13(2)14-5-7-15(8-6-14)16(19)18(10-4-9-17)11-12-20-3/h5-8,13H,4,9-12,17H2,1-3H3. The lowest BCUT2D eigenvalue weighted by Gasteiger charge is -2.22. The molecular weight excluding hydrogens is 252 g/mol. The molecular formula is C16H26N2O2. The molecule has 4 heteroatoms. The van der Waals surface area contributed by atoms with Crippen molar-refractivity contribution in [2.75, 3.05) is 33.4 Å². The number of carbonyl (C=O) groups excluding carboxylic acids is 1. The van der Waals surface area contributed by atoms with E-state index in [9.17, 15) is 4.79 Å². The first-order chi connectivity index (χ1) is 9.60. The second kappa shape index (κ2) is 8.72. The summed E-state index contributed by atoms with van der Waals surface area (Å²) in [6.45, 7) is 6.68. The van der Waals surface area contributed by atoms with Crippen LogP contribution in [0.4, 0.5) is 0 Å². The summed E-state index contributed by atoms with van der Waals surface area (Å²) in [6, 6.07) is 7.85. The van der Waals surface area contributed by atoms with Gasteiger partial charge in [0.1, 0.15) is 0 Å². The van der Waals surface area contributed by atoms with Gasteiger partial charge in [-0.25, -0.2) is 0 Å². The molecule has 0 heterocycles. The molecule has 4 nitrogen and oxygen atoms in total. The Hall–Kier alpha value is -1.39. The average molecular weight is 278 g/mol. The molecule has 2 N–H and O–H groups in total. The molecule has 0 bridgehead atoms. The highest BCUT2D eigenvalue weighted by atomic mass is 16.5. The number of rotatable bonds is 8. The lowest BCUT2D eigenvalue weighted by Crippen LogP contribution is -2.35. The fourth-order valence-electron chi connectivity index (χ4n) is 1.99. The largest absolute Gasteiger partial charge is 0.383 e. The van der Waals surface area contributed by atoms with Crippen LogP contribution >= 0.6 is 0 Å². The maximum atomic E-state index is 12.5. The molecule has 0 saturated heterocycles. The van der Waals surface area contributed by atoms with E-state index in [0.717, 1.165) is 12.0 Å². The number of methoxy groups -OCH3 is 1. The maximum absolute atomic E-state index is 12.5. The summed E-state index contributed by atoms with van der Waals surface area (Å²) in [6.07, 6.45) is 0.805. The number of nitrogens with zero attached hydrogens (tertiary/aromatic N) is 1. The van der Waals surface area contributed by atoms with Crippen molar-refractivity contribution in [3.05, 3.63) is 35.4 Å². The molecule has 0 aliphatic rings. The summed E-state index contributed by atoms with van der Waals surface area (Å²) in [5.41, 5.74) is 7.50. The monoisotopic (exact) mass is 278 g/mol. The fraction of sp³-hybridized carbons (Fsp3) is 0.562. The third-order valence-corrected chi connectivity index (χ3v) is 3.31. The van der Waals surface area contributed by atoms with Crippen molar-refractivity contribution >= 4 is 5.91 Å². The van der Waals surface area contributed by atoms with Gasteiger partial charge in [-0.2, -0.15) is 0 Å². The Bertz CT molecular complexity index is 393. The van der Waals surface area contributed by atoms with Gasteiger partial charge in [-0.1, -0.05) is 26.0 Å². The van der Waals surface area contributed by atoms with Crippen molar-refractivity contribution in [3.8, 4) is 0 Å². The van der Waals surface area contributed by atoms with Crippen LogP contribution < -0.4 is 5.73 Å². The van der Waals surface area contributed by atoms with Crippen LogP contribution in [0.15, 0.2) is 24.3 Å². The Morgan fingerprint density at radius 1 is 1.25 bits per heavy atom. The highest BCUT2D eigenvalue weighted by molar-refractivity contribution is 5.94. The second-order valence-electron chi connectivity index (χ2n) is 5.20.